The first-order valence-electron chi connectivity index (χ1n) is 6.71. The second-order valence-corrected chi connectivity index (χ2v) is 5.02. The third-order valence-electron chi connectivity index (χ3n) is 3.44. The van der Waals surface area contributed by atoms with Crippen molar-refractivity contribution in [2.75, 3.05) is 0 Å². The molecule has 0 unspecified atom stereocenters. The molecule has 0 fully saturated rings. The van der Waals surface area contributed by atoms with E-state index in [1.54, 1.807) is 6.26 Å². The summed E-state index contributed by atoms with van der Waals surface area (Å²) in [4.78, 5) is 0. The second kappa shape index (κ2) is 5.40. The summed E-state index contributed by atoms with van der Waals surface area (Å²) in [6.07, 6.45) is -2.80. The Morgan fingerprint density at radius 2 is 1.86 bits per heavy atom. The van der Waals surface area contributed by atoms with Crippen LogP contribution in [0.5, 0.6) is 5.75 Å². The number of aryl methyl sites for hydroxylation is 1. The van der Waals surface area contributed by atoms with Crippen LogP contribution in [-0.4, -0.2) is 0 Å². The van der Waals surface area contributed by atoms with Crippen LogP contribution in [0.2, 0.25) is 0 Å². The molecule has 0 saturated carbocycles. The minimum absolute atomic E-state index is 0.152. The van der Waals surface area contributed by atoms with Crippen LogP contribution in [0.3, 0.4) is 0 Å². The average Bonchev–Trinajstić information content (AvgIpc) is 2.89. The van der Waals surface area contributed by atoms with Gasteiger partial charge >= 0.3 is 6.18 Å². The maximum Gasteiger partial charge on any atom is 0.416 e. The number of halogens is 3. The molecule has 2 aromatic carbocycles. The molecule has 0 aliphatic rings. The van der Waals surface area contributed by atoms with Crippen molar-refractivity contribution in [2.45, 2.75) is 19.7 Å². The number of furan rings is 1. The summed E-state index contributed by atoms with van der Waals surface area (Å²) < 4.78 is 48.9. The maximum atomic E-state index is 12.7. The van der Waals surface area contributed by atoms with E-state index in [1.165, 1.54) is 12.1 Å². The first-order valence-corrected chi connectivity index (χ1v) is 6.71. The van der Waals surface area contributed by atoms with Gasteiger partial charge in [0.05, 0.1) is 11.8 Å². The van der Waals surface area contributed by atoms with Crippen molar-refractivity contribution in [1.29, 1.82) is 0 Å². The van der Waals surface area contributed by atoms with E-state index < -0.39 is 11.7 Å². The van der Waals surface area contributed by atoms with Crippen LogP contribution in [0.1, 0.15) is 16.7 Å². The van der Waals surface area contributed by atoms with E-state index in [0.717, 1.165) is 34.2 Å². The fourth-order valence-corrected chi connectivity index (χ4v) is 2.37. The molecule has 1 heterocycles. The van der Waals surface area contributed by atoms with Gasteiger partial charge in [-0.15, -0.1) is 0 Å². The van der Waals surface area contributed by atoms with Gasteiger partial charge in [0, 0.05) is 10.9 Å². The molecule has 3 aromatic rings. The molecule has 0 radical (unpaired) electrons. The summed E-state index contributed by atoms with van der Waals surface area (Å²) in [5, 5.41) is 0.939. The minimum Gasteiger partial charge on any atom is -0.489 e. The van der Waals surface area contributed by atoms with Crippen molar-refractivity contribution >= 4 is 11.0 Å². The summed E-state index contributed by atoms with van der Waals surface area (Å²) in [6, 6.07) is 10.5. The number of hydrogen-bond acceptors (Lipinski definition) is 2. The number of fused-ring (bicyclic) bond motifs is 1. The van der Waals surface area contributed by atoms with Gasteiger partial charge in [-0.2, -0.15) is 13.2 Å². The average molecular weight is 306 g/mol. The monoisotopic (exact) mass is 306 g/mol. The van der Waals surface area contributed by atoms with Crippen molar-refractivity contribution in [2.24, 2.45) is 0 Å². The van der Waals surface area contributed by atoms with Gasteiger partial charge in [-0.1, -0.05) is 18.2 Å². The van der Waals surface area contributed by atoms with E-state index in [-0.39, 0.29) is 12.4 Å². The molecule has 1 aromatic heterocycles. The maximum absolute atomic E-state index is 12.7. The molecular formula is C17H13F3O2. The molecule has 114 valence electrons. The number of ether oxygens (including phenoxy) is 1. The number of rotatable bonds is 3. The van der Waals surface area contributed by atoms with Crippen molar-refractivity contribution in [3.63, 3.8) is 0 Å². The topological polar surface area (TPSA) is 22.4 Å². The highest BCUT2D eigenvalue weighted by Gasteiger charge is 2.30. The first kappa shape index (κ1) is 14.5. The first-order chi connectivity index (χ1) is 10.4. The number of benzene rings is 2. The standard InChI is InChI=1S/C17H13F3O2/c1-11-4-2-7-15-16(11)12(10-22-15)9-21-14-6-3-5-13(8-14)17(18,19)20/h2-8,10H,9H2,1H3. The van der Waals surface area contributed by atoms with Crippen LogP contribution in [0.4, 0.5) is 13.2 Å². The normalized spacial score (nSPS) is 11.8. The van der Waals surface area contributed by atoms with Gasteiger partial charge in [0.15, 0.2) is 0 Å². The van der Waals surface area contributed by atoms with Crippen LogP contribution >= 0.6 is 0 Å². The SMILES string of the molecule is Cc1cccc2occ(COc3cccc(C(F)(F)F)c3)c12. The molecule has 22 heavy (non-hydrogen) atoms. The molecule has 3 rings (SSSR count). The van der Waals surface area contributed by atoms with Crippen LogP contribution in [0, 0.1) is 6.92 Å². The second-order valence-electron chi connectivity index (χ2n) is 5.02. The zero-order valence-electron chi connectivity index (χ0n) is 11.8. The zero-order valence-corrected chi connectivity index (χ0v) is 11.8. The molecule has 2 nitrogen and oxygen atoms in total. The number of alkyl halides is 3. The molecule has 0 atom stereocenters. The molecule has 5 heteroatoms. The lowest BCUT2D eigenvalue weighted by Crippen LogP contribution is -2.05. The van der Waals surface area contributed by atoms with Crippen LogP contribution in [-0.2, 0) is 12.8 Å². The Labute approximate surface area is 125 Å². The Morgan fingerprint density at radius 3 is 2.64 bits per heavy atom. The van der Waals surface area contributed by atoms with Gasteiger partial charge in [0.2, 0.25) is 0 Å². The van der Waals surface area contributed by atoms with Crippen molar-refractivity contribution < 1.29 is 22.3 Å². The fourth-order valence-electron chi connectivity index (χ4n) is 2.37. The van der Waals surface area contributed by atoms with E-state index >= 15 is 0 Å². The Balaban J connectivity index is 1.83. The molecular weight excluding hydrogens is 293 g/mol. The van der Waals surface area contributed by atoms with Crippen LogP contribution < -0.4 is 4.74 Å². The highest BCUT2D eigenvalue weighted by molar-refractivity contribution is 5.84. The smallest absolute Gasteiger partial charge is 0.416 e. The quantitative estimate of drug-likeness (QED) is 0.652. The molecule has 0 saturated heterocycles. The molecule has 0 aliphatic heterocycles. The Bertz CT molecular complexity index is 803. The summed E-state index contributed by atoms with van der Waals surface area (Å²) in [5.74, 6) is 0.178. The van der Waals surface area contributed by atoms with Gasteiger partial charge in [0.25, 0.3) is 0 Å². The lowest BCUT2D eigenvalue weighted by atomic mass is 10.1. The van der Waals surface area contributed by atoms with Crippen molar-refractivity contribution in [3.05, 3.63) is 65.4 Å². The van der Waals surface area contributed by atoms with E-state index in [0.29, 0.717) is 0 Å². The van der Waals surface area contributed by atoms with E-state index in [2.05, 4.69) is 0 Å². The van der Waals surface area contributed by atoms with E-state index in [4.69, 9.17) is 9.15 Å². The van der Waals surface area contributed by atoms with Gasteiger partial charge < -0.3 is 9.15 Å². The van der Waals surface area contributed by atoms with E-state index in [9.17, 15) is 13.2 Å². The van der Waals surface area contributed by atoms with Crippen molar-refractivity contribution in [1.82, 2.24) is 0 Å². The Hall–Kier alpha value is -2.43. The molecule has 0 N–H and O–H groups in total. The lowest BCUT2D eigenvalue weighted by molar-refractivity contribution is -0.137. The summed E-state index contributed by atoms with van der Waals surface area (Å²) >= 11 is 0. The zero-order chi connectivity index (χ0) is 15.7. The summed E-state index contributed by atoms with van der Waals surface area (Å²) in [6.45, 7) is 2.10. The molecule has 0 bridgehead atoms. The van der Waals surface area contributed by atoms with Crippen LogP contribution in [0.25, 0.3) is 11.0 Å². The predicted molar refractivity (Wildman–Crippen MR) is 76.7 cm³/mol. The van der Waals surface area contributed by atoms with Crippen molar-refractivity contribution in [3.8, 4) is 5.75 Å². The van der Waals surface area contributed by atoms with E-state index in [1.807, 2.05) is 25.1 Å². The van der Waals surface area contributed by atoms with Crippen LogP contribution in [0.15, 0.2) is 53.1 Å². The van der Waals surface area contributed by atoms with Gasteiger partial charge in [0.1, 0.15) is 17.9 Å². The Kier molecular flexibility index (Phi) is 3.56. The minimum atomic E-state index is -4.38. The highest BCUT2D eigenvalue weighted by Crippen LogP contribution is 2.32. The number of hydrogen-bond donors (Lipinski definition) is 0. The summed E-state index contributed by atoms with van der Waals surface area (Å²) in [5.41, 5.74) is 1.86. The predicted octanol–water partition coefficient (Wildman–Crippen LogP) is 5.34. The molecule has 0 amide bonds. The highest BCUT2D eigenvalue weighted by atomic mass is 19.4. The summed E-state index contributed by atoms with van der Waals surface area (Å²) in [7, 11) is 0. The third kappa shape index (κ3) is 2.79. The lowest BCUT2D eigenvalue weighted by Gasteiger charge is -2.10. The largest absolute Gasteiger partial charge is 0.489 e. The third-order valence-corrected chi connectivity index (χ3v) is 3.44. The fraction of sp³-hybridized carbons (Fsp3) is 0.176. The Morgan fingerprint density at radius 1 is 1.09 bits per heavy atom. The van der Waals surface area contributed by atoms with Gasteiger partial charge in [-0.3, -0.25) is 0 Å². The van der Waals surface area contributed by atoms with Gasteiger partial charge in [-0.25, -0.2) is 0 Å². The molecule has 0 aliphatic carbocycles. The van der Waals surface area contributed by atoms with Gasteiger partial charge in [-0.05, 0) is 36.8 Å². The molecule has 0 spiro atoms.